The maximum Gasteiger partial charge on any atom is 0.261 e. The lowest BCUT2D eigenvalue weighted by atomic mass is 10.1. The van der Waals surface area contributed by atoms with Gasteiger partial charge < -0.3 is 15.2 Å². The summed E-state index contributed by atoms with van der Waals surface area (Å²) in [5, 5.41) is 12.4. The molecule has 0 aliphatic rings. The van der Waals surface area contributed by atoms with E-state index >= 15 is 0 Å². The monoisotopic (exact) mass is 440 g/mol. The van der Waals surface area contributed by atoms with E-state index in [1.165, 1.54) is 24.3 Å². The third-order valence-electron chi connectivity index (χ3n) is 4.56. The zero-order chi connectivity index (χ0) is 22.4. The molecule has 0 spiro atoms. The molecule has 0 bridgehead atoms. The summed E-state index contributed by atoms with van der Waals surface area (Å²) >= 11 is 0. The lowest BCUT2D eigenvalue weighted by Gasteiger charge is -2.15. The second-order valence-electron chi connectivity index (χ2n) is 6.88. The molecule has 1 unspecified atom stereocenters. The highest BCUT2D eigenvalue weighted by Gasteiger charge is 2.16. The molecule has 0 aliphatic carbocycles. The van der Waals surface area contributed by atoms with Gasteiger partial charge in [-0.3, -0.25) is 9.52 Å². The van der Waals surface area contributed by atoms with E-state index in [4.69, 9.17) is 4.74 Å². The summed E-state index contributed by atoms with van der Waals surface area (Å²) in [7, 11) is -3.80. The SMILES string of the molecule is CCOc1ccc(NS(=O)(=O)c2ccc(C(=O)NC(C)c3cccc(O)c3)cc2)cc1. The lowest BCUT2D eigenvalue weighted by molar-refractivity contribution is 0.0939. The fourth-order valence-corrected chi connectivity index (χ4v) is 4.00. The Hall–Kier alpha value is -3.52. The third-order valence-corrected chi connectivity index (χ3v) is 5.96. The van der Waals surface area contributed by atoms with Crippen molar-refractivity contribution in [1.29, 1.82) is 0 Å². The van der Waals surface area contributed by atoms with E-state index in [-0.39, 0.29) is 22.6 Å². The molecule has 0 heterocycles. The minimum absolute atomic E-state index is 0.0407. The van der Waals surface area contributed by atoms with E-state index in [2.05, 4.69) is 10.0 Å². The number of amides is 1. The average molecular weight is 441 g/mol. The molecule has 3 aromatic carbocycles. The smallest absolute Gasteiger partial charge is 0.261 e. The second-order valence-corrected chi connectivity index (χ2v) is 8.56. The number of rotatable bonds is 8. The Bertz CT molecular complexity index is 1140. The van der Waals surface area contributed by atoms with Gasteiger partial charge in [-0.15, -0.1) is 0 Å². The van der Waals surface area contributed by atoms with E-state index in [0.29, 0.717) is 23.6 Å². The molecular weight excluding hydrogens is 416 g/mol. The first-order valence-corrected chi connectivity index (χ1v) is 11.2. The van der Waals surface area contributed by atoms with Crippen LogP contribution < -0.4 is 14.8 Å². The van der Waals surface area contributed by atoms with Crippen LogP contribution >= 0.6 is 0 Å². The predicted molar refractivity (Wildman–Crippen MR) is 119 cm³/mol. The van der Waals surface area contributed by atoms with Gasteiger partial charge in [0.25, 0.3) is 15.9 Å². The summed E-state index contributed by atoms with van der Waals surface area (Å²) in [6, 6.07) is 18.6. The first-order valence-electron chi connectivity index (χ1n) is 9.74. The summed E-state index contributed by atoms with van der Waals surface area (Å²) < 4.78 is 33.1. The Kier molecular flexibility index (Phi) is 6.81. The molecule has 3 N–H and O–H groups in total. The number of phenolic OH excluding ortho intramolecular Hbond substituents is 1. The van der Waals surface area contributed by atoms with Gasteiger partial charge >= 0.3 is 0 Å². The number of benzene rings is 3. The molecule has 3 rings (SSSR count). The van der Waals surface area contributed by atoms with Crippen LogP contribution in [0.2, 0.25) is 0 Å². The standard InChI is InChI=1S/C23H24N2O5S/c1-3-30-21-11-9-19(10-12-21)25-31(28,29)22-13-7-17(8-14-22)23(27)24-16(2)18-5-4-6-20(26)15-18/h4-16,25-26H,3H2,1-2H3,(H,24,27). The maximum atomic E-state index is 12.6. The molecule has 0 saturated carbocycles. The number of anilines is 1. The number of sulfonamides is 1. The Balaban J connectivity index is 1.67. The molecule has 7 nitrogen and oxygen atoms in total. The van der Waals surface area contributed by atoms with Gasteiger partial charge in [-0.25, -0.2) is 8.42 Å². The van der Waals surface area contributed by atoms with Crippen molar-refractivity contribution in [3.63, 3.8) is 0 Å². The predicted octanol–water partition coefficient (Wildman–Crippen LogP) is 4.08. The Morgan fingerprint density at radius 3 is 2.32 bits per heavy atom. The Morgan fingerprint density at radius 1 is 1.03 bits per heavy atom. The van der Waals surface area contributed by atoms with Gasteiger partial charge in [0.05, 0.1) is 17.5 Å². The molecule has 1 atom stereocenters. The topological polar surface area (TPSA) is 105 Å². The largest absolute Gasteiger partial charge is 0.508 e. The van der Waals surface area contributed by atoms with Crippen molar-refractivity contribution >= 4 is 21.6 Å². The minimum atomic E-state index is -3.80. The maximum absolute atomic E-state index is 12.6. The molecule has 0 aromatic heterocycles. The van der Waals surface area contributed by atoms with E-state index in [1.54, 1.807) is 55.5 Å². The van der Waals surface area contributed by atoms with Crippen molar-refractivity contribution in [2.45, 2.75) is 24.8 Å². The Morgan fingerprint density at radius 2 is 1.71 bits per heavy atom. The van der Waals surface area contributed by atoms with Crippen molar-refractivity contribution in [3.05, 3.63) is 83.9 Å². The normalized spacial score (nSPS) is 12.1. The lowest BCUT2D eigenvalue weighted by Crippen LogP contribution is -2.26. The summed E-state index contributed by atoms with van der Waals surface area (Å²) in [4.78, 5) is 12.5. The third kappa shape index (κ3) is 5.76. The first-order chi connectivity index (χ1) is 14.8. The molecule has 8 heteroatoms. The van der Waals surface area contributed by atoms with Gasteiger partial charge in [0.1, 0.15) is 11.5 Å². The number of phenols is 1. The van der Waals surface area contributed by atoms with Gasteiger partial charge in [0, 0.05) is 11.3 Å². The number of carbonyl (C=O) groups excluding carboxylic acids is 1. The summed E-state index contributed by atoms with van der Waals surface area (Å²) in [6.07, 6.45) is 0. The molecule has 31 heavy (non-hydrogen) atoms. The van der Waals surface area contributed by atoms with Gasteiger partial charge in [-0.05, 0) is 80.1 Å². The number of aromatic hydroxyl groups is 1. The zero-order valence-corrected chi connectivity index (χ0v) is 18.0. The van der Waals surface area contributed by atoms with Gasteiger partial charge in [-0.1, -0.05) is 12.1 Å². The van der Waals surface area contributed by atoms with Crippen molar-refractivity contribution in [3.8, 4) is 11.5 Å². The number of ether oxygens (including phenoxy) is 1. The summed E-state index contributed by atoms with van der Waals surface area (Å²) in [6.45, 7) is 4.19. The quantitative estimate of drug-likeness (QED) is 0.490. The highest BCUT2D eigenvalue weighted by atomic mass is 32.2. The van der Waals surface area contributed by atoms with Gasteiger partial charge in [0.2, 0.25) is 0 Å². The van der Waals surface area contributed by atoms with Gasteiger partial charge in [-0.2, -0.15) is 0 Å². The molecule has 1 amide bonds. The minimum Gasteiger partial charge on any atom is -0.508 e. The molecule has 3 aromatic rings. The summed E-state index contributed by atoms with van der Waals surface area (Å²) in [5.74, 6) is 0.424. The van der Waals surface area contributed by atoms with E-state index in [1.807, 2.05) is 6.92 Å². The van der Waals surface area contributed by atoms with Crippen LogP contribution in [0.3, 0.4) is 0 Å². The highest BCUT2D eigenvalue weighted by molar-refractivity contribution is 7.92. The van der Waals surface area contributed by atoms with Crippen molar-refractivity contribution in [1.82, 2.24) is 5.32 Å². The van der Waals surface area contributed by atoms with E-state index in [9.17, 15) is 18.3 Å². The van der Waals surface area contributed by atoms with Crippen LogP contribution in [-0.4, -0.2) is 26.0 Å². The average Bonchev–Trinajstić information content (AvgIpc) is 2.75. The van der Waals surface area contributed by atoms with Crippen molar-refractivity contribution < 1.29 is 23.1 Å². The van der Waals surface area contributed by atoms with Crippen molar-refractivity contribution in [2.24, 2.45) is 0 Å². The molecule has 0 radical (unpaired) electrons. The van der Waals surface area contributed by atoms with E-state index < -0.39 is 10.0 Å². The number of carbonyl (C=O) groups is 1. The first kappa shape index (κ1) is 22.2. The summed E-state index contributed by atoms with van der Waals surface area (Å²) in [5.41, 5.74) is 1.49. The van der Waals surface area contributed by atoms with Crippen LogP contribution in [0.15, 0.2) is 77.7 Å². The van der Waals surface area contributed by atoms with Crippen LogP contribution in [0.1, 0.15) is 35.8 Å². The number of hydrogen-bond acceptors (Lipinski definition) is 5. The van der Waals surface area contributed by atoms with Crippen LogP contribution in [0.5, 0.6) is 11.5 Å². The molecule has 0 aliphatic heterocycles. The number of hydrogen-bond donors (Lipinski definition) is 3. The van der Waals surface area contributed by atoms with Crippen LogP contribution in [0.4, 0.5) is 5.69 Å². The van der Waals surface area contributed by atoms with Gasteiger partial charge in [0.15, 0.2) is 0 Å². The van der Waals surface area contributed by atoms with Crippen molar-refractivity contribution in [2.75, 3.05) is 11.3 Å². The fourth-order valence-electron chi connectivity index (χ4n) is 2.94. The molecule has 162 valence electrons. The fraction of sp³-hybridized carbons (Fsp3) is 0.174. The van der Waals surface area contributed by atoms with Crippen LogP contribution in [-0.2, 0) is 10.0 Å². The van der Waals surface area contributed by atoms with E-state index in [0.717, 1.165) is 5.56 Å². The Labute approximate surface area is 181 Å². The zero-order valence-electron chi connectivity index (χ0n) is 17.2. The molecular formula is C23H24N2O5S. The molecule has 0 fully saturated rings. The molecule has 0 saturated heterocycles. The van der Waals surface area contributed by atoms with Crippen LogP contribution in [0, 0.1) is 0 Å². The van der Waals surface area contributed by atoms with Crippen LogP contribution in [0.25, 0.3) is 0 Å². The second kappa shape index (κ2) is 9.53. The number of nitrogens with one attached hydrogen (secondary N) is 2. The highest BCUT2D eigenvalue weighted by Crippen LogP contribution is 2.21.